The van der Waals surface area contributed by atoms with Gasteiger partial charge in [0.2, 0.25) is 0 Å². The first-order chi connectivity index (χ1) is 12.6. The fourth-order valence-electron chi connectivity index (χ4n) is 3.50. The molecule has 0 aliphatic carbocycles. The van der Waals surface area contributed by atoms with E-state index in [1.54, 1.807) is 0 Å². The lowest BCUT2D eigenvalue weighted by Gasteiger charge is -2.36. The standard InChI is InChI=1S/C20H22ClN3O2/c1-14-2-4-18(16(21)10-14)24-8-6-23(7-9-24)12-15-3-5-19-17(11-15)22-20(25)13-26-19/h2-5,10-11H,6-9,12-13H2,1H3,(H,22,25). The molecule has 26 heavy (non-hydrogen) atoms. The minimum absolute atomic E-state index is 0.0931. The van der Waals surface area contributed by atoms with Gasteiger partial charge in [-0.3, -0.25) is 9.69 Å². The Bertz CT molecular complexity index is 832. The molecular formula is C20H22ClN3O2. The van der Waals surface area contributed by atoms with Crippen molar-refractivity contribution in [3.63, 3.8) is 0 Å². The van der Waals surface area contributed by atoms with Crippen LogP contribution in [0.1, 0.15) is 11.1 Å². The molecule has 0 atom stereocenters. The molecule has 6 heteroatoms. The highest BCUT2D eigenvalue weighted by atomic mass is 35.5. The highest BCUT2D eigenvalue weighted by Crippen LogP contribution is 2.30. The Hall–Kier alpha value is -2.24. The van der Waals surface area contributed by atoms with E-state index in [1.165, 1.54) is 11.1 Å². The van der Waals surface area contributed by atoms with E-state index in [-0.39, 0.29) is 12.5 Å². The number of amides is 1. The lowest BCUT2D eigenvalue weighted by atomic mass is 10.1. The number of aryl methyl sites for hydroxylation is 1. The monoisotopic (exact) mass is 371 g/mol. The van der Waals surface area contributed by atoms with Crippen LogP contribution in [0.2, 0.25) is 5.02 Å². The lowest BCUT2D eigenvalue weighted by Crippen LogP contribution is -2.46. The van der Waals surface area contributed by atoms with E-state index in [1.807, 2.05) is 18.2 Å². The number of piperazine rings is 1. The summed E-state index contributed by atoms with van der Waals surface area (Å²) in [5, 5.41) is 3.69. The van der Waals surface area contributed by atoms with Crippen LogP contribution in [0.25, 0.3) is 0 Å². The molecule has 1 fully saturated rings. The summed E-state index contributed by atoms with van der Waals surface area (Å²) in [7, 11) is 0. The molecule has 0 bridgehead atoms. The zero-order chi connectivity index (χ0) is 18.1. The SMILES string of the molecule is Cc1ccc(N2CCN(Cc3ccc4c(c3)NC(=O)CO4)CC2)c(Cl)c1. The average Bonchev–Trinajstić information content (AvgIpc) is 2.62. The number of rotatable bonds is 3. The summed E-state index contributed by atoms with van der Waals surface area (Å²) in [5.41, 5.74) is 4.24. The van der Waals surface area contributed by atoms with Crippen LogP contribution in [0.4, 0.5) is 11.4 Å². The van der Waals surface area contributed by atoms with E-state index in [0.717, 1.165) is 54.9 Å². The number of hydrogen-bond acceptors (Lipinski definition) is 4. The van der Waals surface area contributed by atoms with Crippen molar-refractivity contribution in [2.75, 3.05) is 43.0 Å². The molecule has 136 valence electrons. The van der Waals surface area contributed by atoms with E-state index >= 15 is 0 Å². The summed E-state index contributed by atoms with van der Waals surface area (Å²) < 4.78 is 5.42. The largest absolute Gasteiger partial charge is 0.482 e. The van der Waals surface area contributed by atoms with Crippen molar-refractivity contribution in [2.24, 2.45) is 0 Å². The molecule has 2 aromatic carbocycles. The van der Waals surface area contributed by atoms with Crippen LogP contribution in [0, 0.1) is 6.92 Å². The minimum Gasteiger partial charge on any atom is -0.482 e. The molecule has 4 rings (SSSR count). The second kappa shape index (κ2) is 7.17. The normalized spacial score (nSPS) is 17.5. The van der Waals surface area contributed by atoms with Crippen LogP contribution in [0.5, 0.6) is 5.75 Å². The second-order valence-electron chi connectivity index (χ2n) is 6.89. The van der Waals surface area contributed by atoms with Crippen molar-refractivity contribution >= 4 is 28.9 Å². The van der Waals surface area contributed by atoms with Crippen molar-refractivity contribution < 1.29 is 9.53 Å². The Kier molecular flexibility index (Phi) is 4.74. The minimum atomic E-state index is -0.0989. The third-order valence-electron chi connectivity index (χ3n) is 4.90. The molecule has 1 amide bonds. The van der Waals surface area contributed by atoms with Gasteiger partial charge >= 0.3 is 0 Å². The number of fused-ring (bicyclic) bond motifs is 1. The fourth-order valence-corrected chi connectivity index (χ4v) is 3.86. The Morgan fingerprint density at radius 3 is 2.69 bits per heavy atom. The summed E-state index contributed by atoms with van der Waals surface area (Å²) in [6, 6.07) is 12.3. The zero-order valence-electron chi connectivity index (χ0n) is 14.8. The van der Waals surface area contributed by atoms with Gasteiger partial charge in [-0.25, -0.2) is 0 Å². The maximum Gasteiger partial charge on any atom is 0.262 e. The van der Waals surface area contributed by atoms with E-state index in [4.69, 9.17) is 16.3 Å². The van der Waals surface area contributed by atoms with Crippen LogP contribution in [-0.2, 0) is 11.3 Å². The van der Waals surface area contributed by atoms with E-state index in [9.17, 15) is 4.79 Å². The summed E-state index contributed by atoms with van der Waals surface area (Å²) in [6.45, 7) is 6.86. The Morgan fingerprint density at radius 2 is 1.92 bits per heavy atom. The van der Waals surface area contributed by atoms with E-state index in [2.05, 4.69) is 40.2 Å². The highest BCUT2D eigenvalue weighted by molar-refractivity contribution is 6.33. The van der Waals surface area contributed by atoms with Gasteiger partial charge in [-0.05, 0) is 42.3 Å². The molecular weight excluding hydrogens is 350 g/mol. The quantitative estimate of drug-likeness (QED) is 0.899. The Labute approximate surface area is 158 Å². The molecule has 2 aromatic rings. The van der Waals surface area contributed by atoms with E-state index < -0.39 is 0 Å². The third kappa shape index (κ3) is 3.64. The molecule has 0 saturated carbocycles. The average molecular weight is 372 g/mol. The maximum absolute atomic E-state index is 11.5. The number of nitrogens with zero attached hydrogens (tertiary/aromatic N) is 2. The summed E-state index contributed by atoms with van der Waals surface area (Å²) in [5.74, 6) is 0.644. The van der Waals surface area contributed by atoms with Gasteiger partial charge in [0.05, 0.1) is 16.4 Å². The van der Waals surface area contributed by atoms with Gasteiger partial charge in [0.1, 0.15) is 5.75 Å². The van der Waals surface area contributed by atoms with E-state index in [0.29, 0.717) is 0 Å². The number of ether oxygens (including phenoxy) is 1. The van der Waals surface area contributed by atoms with Crippen molar-refractivity contribution in [1.29, 1.82) is 0 Å². The summed E-state index contributed by atoms with van der Waals surface area (Å²) in [6.07, 6.45) is 0. The number of halogens is 1. The lowest BCUT2D eigenvalue weighted by molar-refractivity contribution is -0.118. The smallest absolute Gasteiger partial charge is 0.262 e. The van der Waals surface area contributed by atoms with Gasteiger partial charge in [0, 0.05) is 32.7 Å². The molecule has 2 heterocycles. The summed E-state index contributed by atoms with van der Waals surface area (Å²) >= 11 is 6.41. The molecule has 2 aliphatic heterocycles. The number of carbonyl (C=O) groups excluding carboxylic acids is 1. The Morgan fingerprint density at radius 1 is 1.12 bits per heavy atom. The summed E-state index contributed by atoms with van der Waals surface area (Å²) in [4.78, 5) is 16.3. The van der Waals surface area contributed by atoms with Crippen molar-refractivity contribution in [3.05, 3.63) is 52.5 Å². The Balaban J connectivity index is 1.38. The number of hydrogen-bond donors (Lipinski definition) is 1. The molecule has 0 unspecified atom stereocenters. The number of anilines is 2. The predicted molar refractivity (Wildman–Crippen MR) is 104 cm³/mol. The van der Waals surface area contributed by atoms with Crippen molar-refractivity contribution in [1.82, 2.24) is 4.90 Å². The second-order valence-corrected chi connectivity index (χ2v) is 7.29. The van der Waals surface area contributed by atoms with Gasteiger partial charge in [-0.15, -0.1) is 0 Å². The zero-order valence-corrected chi connectivity index (χ0v) is 15.6. The highest BCUT2D eigenvalue weighted by Gasteiger charge is 2.20. The molecule has 2 aliphatic rings. The van der Waals surface area contributed by atoms with Gasteiger partial charge in [0.25, 0.3) is 5.91 Å². The number of carbonyl (C=O) groups is 1. The molecule has 1 saturated heterocycles. The van der Waals surface area contributed by atoms with Crippen LogP contribution in [0.3, 0.4) is 0 Å². The van der Waals surface area contributed by atoms with Crippen LogP contribution in [0.15, 0.2) is 36.4 Å². The third-order valence-corrected chi connectivity index (χ3v) is 5.20. The number of nitrogens with one attached hydrogen (secondary N) is 1. The molecule has 0 radical (unpaired) electrons. The van der Waals surface area contributed by atoms with Crippen LogP contribution >= 0.6 is 11.6 Å². The first-order valence-electron chi connectivity index (χ1n) is 8.87. The van der Waals surface area contributed by atoms with Gasteiger partial charge in [-0.1, -0.05) is 23.7 Å². The first-order valence-corrected chi connectivity index (χ1v) is 9.25. The van der Waals surface area contributed by atoms with Crippen LogP contribution in [-0.4, -0.2) is 43.6 Å². The molecule has 0 aromatic heterocycles. The molecule has 5 nitrogen and oxygen atoms in total. The molecule has 0 spiro atoms. The van der Waals surface area contributed by atoms with Gasteiger partial charge < -0.3 is 15.0 Å². The van der Waals surface area contributed by atoms with Crippen molar-refractivity contribution in [3.8, 4) is 5.75 Å². The predicted octanol–water partition coefficient (Wildman–Crippen LogP) is 3.30. The van der Waals surface area contributed by atoms with Gasteiger partial charge in [-0.2, -0.15) is 0 Å². The van der Waals surface area contributed by atoms with Crippen molar-refractivity contribution in [2.45, 2.75) is 13.5 Å². The number of benzene rings is 2. The maximum atomic E-state index is 11.5. The van der Waals surface area contributed by atoms with Gasteiger partial charge in [0.15, 0.2) is 6.61 Å². The topological polar surface area (TPSA) is 44.8 Å². The molecule has 1 N–H and O–H groups in total. The first kappa shape index (κ1) is 17.2. The fraction of sp³-hybridized carbons (Fsp3) is 0.350. The van der Waals surface area contributed by atoms with Crippen LogP contribution < -0.4 is 15.0 Å².